The lowest BCUT2D eigenvalue weighted by atomic mass is 10.2. The molecule has 1 amide bonds. The third kappa shape index (κ3) is 6.52. The minimum atomic E-state index is -0.637. The Balaban J connectivity index is 0.000000272. The fourth-order valence-electron chi connectivity index (χ4n) is 1.78. The fourth-order valence-corrected chi connectivity index (χ4v) is 1.78. The Kier molecular flexibility index (Phi) is 8.05. The number of amides is 1. The van der Waals surface area contributed by atoms with E-state index in [1.54, 1.807) is 24.3 Å². The van der Waals surface area contributed by atoms with Crippen LogP contribution in [0.1, 0.15) is 19.4 Å². The average Bonchev–Trinajstić information content (AvgIpc) is 2.58. The lowest BCUT2D eigenvalue weighted by molar-refractivity contribution is -0.133. The van der Waals surface area contributed by atoms with Crippen molar-refractivity contribution in [1.82, 2.24) is 0 Å². The molecule has 2 aromatic rings. The Morgan fingerprint density at radius 2 is 1.67 bits per heavy atom. The number of aryl methyl sites for hydroxylation is 1. The number of nitrogens with one attached hydrogen (secondary N) is 2. The molecular formula is C19H24N2O3. The summed E-state index contributed by atoms with van der Waals surface area (Å²) in [5.41, 5.74) is 2.98. The molecule has 0 spiro atoms. The van der Waals surface area contributed by atoms with E-state index >= 15 is 0 Å². The fraction of sp³-hybridized carbons (Fsp3) is 0.263. The molecule has 0 heterocycles. The van der Waals surface area contributed by atoms with Crippen molar-refractivity contribution in [3.8, 4) is 5.75 Å². The van der Waals surface area contributed by atoms with Gasteiger partial charge in [-0.3, -0.25) is 9.59 Å². The maximum Gasteiger partial charge on any atom is 0.291 e. The molecular weight excluding hydrogens is 304 g/mol. The van der Waals surface area contributed by atoms with Crippen LogP contribution < -0.4 is 15.4 Å². The number of ketones is 1. The van der Waals surface area contributed by atoms with Crippen molar-refractivity contribution in [3.63, 3.8) is 0 Å². The van der Waals surface area contributed by atoms with Crippen molar-refractivity contribution < 1.29 is 14.3 Å². The molecule has 24 heavy (non-hydrogen) atoms. The molecule has 0 unspecified atom stereocenters. The number of ether oxygens (including phenoxy) is 1. The highest BCUT2D eigenvalue weighted by Gasteiger charge is 2.10. The monoisotopic (exact) mass is 328 g/mol. The number of carbonyl (C=O) groups excluding carboxylic acids is 2. The molecule has 0 fully saturated rings. The summed E-state index contributed by atoms with van der Waals surface area (Å²) in [5.74, 6) is -0.599. The molecule has 2 aromatic carbocycles. The normalized spacial score (nSPS) is 9.33. The van der Waals surface area contributed by atoms with Crippen molar-refractivity contribution in [3.05, 3.63) is 54.1 Å². The van der Waals surface area contributed by atoms with E-state index in [1.807, 2.05) is 14.0 Å². The van der Waals surface area contributed by atoms with Crippen molar-refractivity contribution in [1.29, 1.82) is 0 Å². The predicted octanol–water partition coefficient (Wildman–Crippen LogP) is 3.65. The van der Waals surface area contributed by atoms with Crippen LogP contribution in [0.15, 0.2) is 48.5 Å². The zero-order valence-electron chi connectivity index (χ0n) is 14.6. The third-order valence-corrected chi connectivity index (χ3v) is 3.10. The number of carbonyl (C=O) groups is 2. The van der Waals surface area contributed by atoms with Crippen molar-refractivity contribution in [2.24, 2.45) is 0 Å². The van der Waals surface area contributed by atoms with Crippen molar-refractivity contribution in [2.75, 3.05) is 24.3 Å². The minimum absolute atomic E-state index is 0.507. The maximum absolute atomic E-state index is 11.2. The largest absolute Gasteiger partial charge is 0.492 e. The van der Waals surface area contributed by atoms with Crippen LogP contribution in [0.25, 0.3) is 0 Å². The predicted molar refractivity (Wildman–Crippen MR) is 97.6 cm³/mol. The molecule has 0 saturated heterocycles. The highest BCUT2D eigenvalue weighted by atomic mass is 16.5. The van der Waals surface area contributed by atoms with Gasteiger partial charge in [0.25, 0.3) is 5.91 Å². The van der Waals surface area contributed by atoms with E-state index in [1.165, 1.54) is 18.2 Å². The van der Waals surface area contributed by atoms with Crippen LogP contribution in [0, 0.1) is 6.92 Å². The molecule has 0 bridgehead atoms. The molecule has 0 atom stereocenters. The Hall–Kier alpha value is -2.82. The van der Waals surface area contributed by atoms with Gasteiger partial charge >= 0.3 is 0 Å². The summed E-state index contributed by atoms with van der Waals surface area (Å²) in [6.45, 7) is 5.66. The summed E-state index contributed by atoms with van der Waals surface area (Å²) in [4.78, 5) is 21.9. The SMILES string of the molecule is CCOc1ccccc1NC(=O)C(C)=O.CNc1ccc(C)cc1. The number of benzene rings is 2. The molecule has 0 aromatic heterocycles. The molecule has 0 radical (unpaired) electrons. The number of hydrogen-bond acceptors (Lipinski definition) is 4. The average molecular weight is 328 g/mol. The van der Waals surface area contributed by atoms with Gasteiger partial charge in [-0.1, -0.05) is 29.8 Å². The lowest BCUT2D eigenvalue weighted by Crippen LogP contribution is -2.20. The number of para-hydroxylation sites is 2. The van der Waals surface area contributed by atoms with Crippen LogP contribution in [0.3, 0.4) is 0 Å². The zero-order chi connectivity index (χ0) is 17.9. The van der Waals surface area contributed by atoms with Crippen LogP contribution >= 0.6 is 0 Å². The molecule has 0 aliphatic rings. The Labute approximate surface area is 143 Å². The second kappa shape index (κ2) is 10.0. The molecule has 2 rings (SSSR count). The summed E-state index contributed by atoms with van der Waals surface area (Å²) in [6, 6.07) is 15.3. The summed E-state index contributed by atoms with van der Waals surface area (Å²) < 4.78 is 5.29. The van der Waals surface area contributed by atoms with Gasteiger partial charge in [0.1, 0.15) is 5.75 Å². The second-order valence-corrected chi connectivity index (χ2v) is 5.06. The van der Waals surface area contributed by atoms with E-state index in [9.17, 15) is 9.59 Å². The second-order valence-electron chi connectivity index (χ2n) is 5.06. The highest BCUT2D eigenvalue weighted by molar-refractivity contribution is 6.39. The molecule has 2 N–H and O–H groups in total. The first kappa shape index (κ1) is 19.2. The van der Waals surface area contributed by atoms with Crippen LogP contribution in [-0.2, 0) is 9.59 Å². The highest BCUT2D eigenvalue weighted by Crippen LogP contribution is 2.23. The van der Waals surface area contributed by atoms with Gasteiger partial charge in [-0.25, -0.2) is 0 Å². The van der Waals surface area contributed by atoms with E-state index in [2.05, 4.69) is 41.8 Å². The van der Waals surface area contributed by atoms with Gasteiger partial charge in [-0.05, 0) is 38.1 Å². The molecule has 0 aliphatic carbocycles. The topological polar surface area (TPSA) is 67.4 Å². The van der Waals surface area contributed by atoms with Gasteiger partial charge in [0, 0.05) is 19.7 Å². The quantitative estimate of drug-likeness (QED) is 0.822. The Morgan fingerprint density at radius 3 is 2.21 bits per heavy atom. The van der Waals surface area contributed by atoms with E-state index in [4.69, 9.17) is 4.74 Å². The van der Waals surface area contributed by atoms with Gasteiger partial charge in [-0.15, -0.1) is 0 Å². The lowest BCUT2D eigenvalue weighted by Gasteiger charge is -2.09. The molecule has 128 valence electrons. The van der Waals surface area contributed by atoms with Gasteiger partial charge < -0.3 is 15.4 Å². The van der Waals surface area contributed by atoms with Crippen LogP contribution in [0.2, 0.25) is 0 Å². The number of hydrogen-bond donors (Lipinski definition) is 2. The first-order valence-corrected chi connectivity index (χ1v) is 7.76. The van der Waals surface area contributed by atoms with Crippen molar-refractivity contribution >= 4 is 23.1 Å². The van der Waals surface area contributed by atoms with Gasteiger partial charge in [0.05, 0.1) is 12.3 Å². The number of rotatable bonds is 5. The van der Waals surface area contributed by atoms with Crippen molar-refractivity contribution in [2.45, 2.75) is 20.8 Å². The Morgan fingerprint density at radius 1 is 1.04 bits per heavy atom. The zero-order valence-corrected chi connectivity index (χ0v) is 14.6. The van der Waals surface area contributed by atoms with E-state index in [0.717, 1.165) is 0 Å². The minimum Gasteiger partial charge on any atom is -0.492 e. The van der Waals surface area contributed by atoms with E-state index in [0.29, 0.717) is 18.0 Å². The molecule has 0 aliphatic heterocycles. The molecule has 5 nitrogen and oxygen atoms in total. The summed E-state index contributed by atoms with van der Waals surface area (Å²) in [7, 11) is 1.92. The van der Waals surface area contributed by atoms with E-state index in [-0.39, 0.29) is 0 Å². The van der Waals surface area contributed by atoms with Gasteiger partial charge in [0.2, 0.25) is 5.78 Å². The molecule has 0 saturated carbocycles. The van der Waals surface area contributed by atoms with Crippen LogP contribution in [0.4, 0.5) is 11.4 Å². The number of anilines is 2. The number of Topliss-reactive ketones (excluding diaryl/α,β-unsaturated/α-hetero) is 1. The molecule has 5 heteroatoms. The first-order valence-electron chi connectivity index (χ1n) is 7.76. The van der Waals surface area contributed by atoms with Crippen LogP contribution in [0.5, 0.6) is 5.75 Å². The third-order valence-electron chi connectivity index (χ3n) is 3.10. The van der Waals surface area contributed by atoms with Gasteiger partial charge in [-0.2, -0.15) is 0 Å². The van der Waals surface area contributed by atoms with E-state index < -0.39 is 11.7 Å². The summed E-state index contributed by atoms with van der Waals surface area (Å²) in [5, 5.41) is 5.54. The Bertz CT molecular complexity index is 667. The summed E-state index contributed by atoms with van der Waals surface area (Å²) in [6.07, 6.45) is 0. The smallest absolute Gasteiger partial charge is 0.291 e. The van der Waals surface area contributed by atoms with Crippen LogP contribution in [-0.4, -0.2) is 25.3 Å². The van der Waals surface area contributed by atoms with Gasteiger partial charge in [0.15, 0.2) is 0 Å². The standard InChI is InChI=1S/C11H13NO3.C8H11N/c1-3-15-10-7-5-4-6-9(10)12-11(14)8(2)13;1-7-3-5-8(9-2)6-4-7/h4-7H,3H2,1-2H3,(H,12,14);3-6,9H,1-2H3. The first-order chi connectivity index (χ1) is 11.5. The summed E-state index contributed by atoms with van der Waals surface area (Å²) >= 11 is 0. The maximum atomic E-state index is 11.2.